The summed E-state index contributed by atoms with van der Waals surface area (Å²) in [5.41, 5.74) is 2.14. The zero-order valence-electron chi connectivity index (χ0n) is 22.1. The van der Waals surface area contributed by atoms with Crippen molar-refractivity contribution in [3.8, 4) is 0 Å². The van der Waals surface area contributed by atoms with E-state index in [9.17, 15) is 4.79 Å². The van der Waals surface area contributed by atoms with Crippen LogP contribution >= 0.6 is 22.6 Å². The number of unbranched alkanes of at least 4 members (excludes halogenated alkanes) is 2. The molecule has 4 atom stereocenters. The van der Waals surface area contributed by atoms with E-state index in [0.29, 0.717) is 0 Å². The molecule has 2 aliphatic rings. The number of rotatable bonds is 9. The van der Waals surface area contributed by atoms with Crippen molar-refractivity contribution in [2.24, 2.45) is 10.9 Å². The Labute approximate surface area is 227 Å². The van der Waals surface area contributed by atoms with Crippen LogP contribution in [-0.2, 0) is 9.22 Å². The van der Waals surface area contributed by atoms with E-state index in [0.717, 1.165) is 23.3 Å². The fourth-order valence-electron chi connectivity index (χ4n) is 4.66. The van der Waals surface area contributed by atoms with Crippen LogP contribution in [-0.4, -0.2) is 51.0 Å². The second-order valence-electron chi connectivity index (χ2n) is 11.3. The Bertz CT molecular complexity index is 956. The molecule has 0 saturated carbocycles. The molecule has 34 heavy (non-hydrogen) atoms. The number of carbonyl (C=O) groups is 1. The summed E-state index contributed by atoms with van der Waals surface area (Å²) in [6.07, 6.45) is 4.50. The summed E-state index contributed by atoms with van der Waals surface area (Å²) in [6.45, 7) is 22.2. The van der Waals surface area contributed by atoms with Crippen molar-refractivity contribution in [3.63, 3.8) is 0 Å². The van der Waals surface area contributed by atoms with Crippen molar-refractivity contribution in [2.45, 2.75) is 102 Å². The molecule has 188 valence electrons. The number of amidine groups is 1. The van der Waals surface area contributed by atoms with Crippen LogP contribution in [0.1, 0.15) is 65.9 Å². The fourth-order valence-corrected chi connectivity index (χ4v) is 10.4. The molecule has 3 rings (SSSR count). The average Bonchev–Trinajstić information content (AvgIpc) is 2.99. The molecule has 0 spiro atoms. The van der Waals surface area contributed by atoms with Crippen molar-refractivity contribution >= 4 is 62.2 Å². The molecule has 0 N–H and O–H groups in total. The molecule has 2 aliphatic heterocycles. The van der Waals surface area contributed by atoms with Gasteiger partial charge in [0.1, 0.15) is 0 Å². The number of β-lactam (4-membered cyclic amide) rings is 1. The van der Waals surface area contributed by atoms with Gasteiger partial charge in [-0.15, -0.1) is 0 Å². The van der Waals surface area contributed by atoms with Crippen LogP contribution in [0.25, 0.3) is 0 Å². The average molecular weight is 660 g/mol. The number of aryl methyl sites for hydroxylation is 1. The van der Waals surface area contributed by atoms with E-state index in [4.69, 9.17) is 9.42 Å². The standard InChI is InChI=1S/C27H41IN2O2SeSi/c1-10-11-12-17-27(20(4)28)23-22(19(3)32-34(8,9)26(5,6)7)24(31)30(23)25(33-27)29-21-15-13-18(2)14-16-21/h13-16,19,22-23H,4,10-12,17H2,1-3,5-9H3/t19-,22-,23+,27?/m1/s1. The summed E-state index contributed by atoms with van der Waals surface area (Å²) in [5.74, 6) is 0.0498. The molecule has 1 aromatic carbocycles. The number of hydrogen-bond acceptors (Lipinski definition) is 3. The SMILES string of the molecule is C=C(I)C1(CCCCC)[Se]C(=Nc2ccc(C)cc2)N2C(=O)[C@H]([C@@H](C)O[Si](C)(C)C(C)(C)C)[C@H]21. The number of hydrogen-bond donors (Lipinski definition) is 0. The Morgan fingerprint density at radius 3 is 2.44 bits per heavy atom. The van der Waals surface area contributed by atoms with E-state index >= 15 is 0 Å². The van der Waals surface area contributed by atoms with Crippen LogP contribution < -0.4 is 0 Å². The topological polar surface area (TPSA) is 41.9 Å². The minimum atomic E-state index is -1.99. The summed E-state index contributed by atoms with van der Waals surface area (Å²) >= 11 is 2.47. The number of aliphatic imine (C=N–C) groups is 1. The van der Waals surface area contributed by atoms with Crippen LogP contribution in [0.4, 0.5) is 5.69 Å². The normalized spacial score (nSPS) is 27.0. The summed E-state index contributed by atoms with van der Waals surface area (Å²) < 4.78 is 8.81. The van der Waals surface area contributed by atoms with Crippen LogP contribution in [0.3, 0.4) is 0 Å². The van der Waals surface area contributed by atoms with Crippen molar-refractivity contribution in [3.05, 3.63) is 40.0 Å². The molecule has 7 heteroatoms. The summed E-state index contributed by atoms with van der Waals surface area (Å²) in [7, 11) is -1.99. The van der Waals surface area contributed by atoms with Gasteiger partial charge in [0.25, 0.3) is 0 Å². The number of carbonyl (C=O) groups excluding carboxylic acids is 1. The van der Waals surface area contributed by atoms with Gasteiger partial charge in [0.15, 0.2) is 0 Å². The quantitative estimate of drug-likeness (QED) is 0.119. The first-order valence-corrected chi connectivity index (χ1v) is 18.2. The van der Waals surface area contributed by atoms with E-state index in [1.165, 1.54) is 22.0 Å². The molecule has 4 nitrogen and oxygen atoms in total. The number of halogens is 1. The molecular weight excluding hydrogens is 618 g/mol. The Morgan fingerprint density at radius 2 is 1.91 bits per heavy atom. The van der Waals surface area contributed by atoms with Crippen LogP contribution in [0.15, 0.2) is 39.4 Å². The summed E-state index contributed by atoms with van der Waals surface area (Å²) in [4.78, 5) is 20.7. The van der Waals surface area contributed by atoms with Gasteiger partial charge in [-0.1, -0.05) is 0 Å². The molecule has 0 bridgehead atoms. The van der Waals surface area contributed by atoms with Gasteiger partial charge < -0.3 is 0 Å². The number of nitrogens with zero attached hydrogens (tertiary/aromatic N) is 2. The summed E-state index contributed by atoms with van der Waals surface area (Å²) in [5, 5.41) is 0.108. The van der Waals surface area contributed by atoms with Gasteiger partial charge in [-0.05, 0) is 0 Å². The minimum absolute atomic E-state index is 0.0374. The van der Waals surface area contributed by atoms with Gasteiger partial charge in [-0.3, -0.25) is 0 Å². The van der Waals surface area contributed by atoms with Gasteiger partial charge in [0, 0.05) is 0 Å². The summed E-state index contributed by atoms with van der Waals surface area (Å²) in [6, 6.07) is 8.37. The number of benzene rings is 1. The first kappa shape index (κ1) is 28.1. The van der Waals surface area contributed by atoms with Crippen molar-refractivity contribution in [1.82, 2.24) is 4.90 Å². The zero-order chi connectivity index (χ0) is 25.5. The van der Waals surface area contributed by atoms with Gasteiger partial charge in [0.05, 0.1) is 0 Å². The molecular formula is C27H41IN2O2SeSi. The van der Waals surface area contributed by atoms with Crippen molar-refractivity contribution < 1.29 is 9.22 Å². The third-order valence-electron chi connectivity index (χ3n) is 7.76. The molecule has 1 aromatic rings. The van der Waals surface area contributed by atoms with Crippen LogP contribution in [0, 0.1) is 12.8 Å². The Balaban J connectivity index is 1.99. The van der Waals surface area contributed by atoms with Gasteiger partial charge in [0.2, 0.25) is 0 Å². The van der Waals surface area contributed by atoms with Crippen molar-refractivity contribution in [1.29, 1.82) is 0 Å². The molecule has 2 fully saturated rings. The van der Waals surface area contributed by atoms with Gasteiger partial charge in [-0.2, -0.15) is 0 Å². The predicted molar refractivity (Wildman–Crippen MR) is 156 cm³/mol. The predicted octanol–water partition coefficient (Wildman–Crippen LogP) is 7.63. The second kappa shape index (κ2) is 10.5. The molecule has 0 aromatic heterocycles. The number of amides is 1. The van der Waals surface area contributed by atoms with E-state index in [1.807, 2.05) is 17.0 Å². The first-order chi connectivity index (χ1) is 15.7. The maximum absolute atomic E-state index is 13.7. The first-order valence-electron chi connectivity index (χ1n) is 12.5. The molecule has 0 radical (unpaired) electrons. The maximum atomic E-state index is 13.7. The zero-order valence-corrected chi connectivity index (χ0v) is 26.9. The van der Waals surface area contributed by atoms with Crippen LogP contribution in [0.5, 0.6) is 0 Å². The molecule has 2 saturated heterocycles. The van der Waals surface area contributed by atoms with Gasteiger partial charge in [-0.25, -0.2) is 0 Å². The van der Waals surface area contributed by atoms with Crippen LogP contribution in [0.2, 0.25) is 22.4 Å². The second-order valence-corrected chi connectivity index (χ2v) is 20.1. The van der Waals surface area contributed by atoms with Crippen molar-refractivity contribution in [2.75, 3.05) is 0 Å². The fraction of sp³-hybridized carbons (Fsp3) is 0.630. The Hall–Kier alpha value is -0.474. The van der Waals surface area contributed by atoms with E-state index < -0.39 is 8.32 Å². The number of fused-ring (bicyclic) bond motifs is 1. The van der Waals surface area contributed by atoms with E-state index in [1.54, 1.807) is 0 Å². The Kier molecular flexibility index (Phi) is 8.67. The van der Waals surface area contributed by atoms with E-state index in [2.05, 4.69) is 95.9 Å². The molecule has 2 heterocycles. The van der Waals surface area contributed by atoms with E-state index in [-0.39, 0.29) is 48.3 Å². The van der Waals surface area contributed by atoms with Gasteiger partial charge >= 0.3 is 229 Å². The third kappa shape index (κ3) is 5.29. The Morgan fingerprint density at radius 1 is 1.29 bits per heavy atom. The molecule has 1 unspecified atom stereocenters. The third-order valence-corrected chi connectivity index (χ3v) is 17.3. The molecule has 0 aliphatic carbocycles. The molecule has 1 amide bonds. The monoisotopic (exact) mass is 660 g/mol.